The van der Waals surface area contributed by atoms with E-state index in [1.54, 1.807) is 18.2 Å². The van der Waals surface area contributed by atoms with Crippen LogP contribution in [-0.4, -0.2) is 25.6 Å². The van der Waals surface area contributed by atoms with Gasteiger partial charge in [0.15, 0.2) is 9.84 Å². The molecule has 0 spiro atoms. The first-order valence-electron chi connectivity index (χ1n) is 6.15. The van der Waals surface area contributed by atoms with E-state index in [1.807, 2.05) is 0 Å². The van der Waals surface area contributed by atoms with Gasteiger partial charge in [0.2, 0.25) is 0 Å². The molecule has 0 aliphatic heterocycles. The van der Waals surface area contributed by atoms with Crippen molar-refractivity contribution in [1.82, 2.24) is 10.3 Å². The molecule has 0 saturated carbocycles. The van der Waals surface area contributed by atoms with Gasteiger partial charge in [-0.1, -0.05) is 12.1 Å². The Balaban J connectivity index is 2.02. The predicted octanol–water partition coefficient (Wildman–Crippen LogP) is 0.997. The Labute approximate surface area is 122 Å². The van der Waals surface area contributed by atoms with E-state index < -0.39 is 9.84 Å². The predicted molar refractivity (Wildman–Crippen MR) is 79.4 cm³/mol. The number of nitrogens with one attached hydrogen (secondary N) is 1. The summed E-state index contributed by atoms with van der Waals surface area (Å²) < 4.78 is 22.7. The number of aromatic nitrogens is 1. The molecule has 0 aliphatic rings. The number of sulfone groups is 1. The first-order valence-corrected chi connectivity index (χ1v) is 8.04. The second-order valence-electron chi connectivity index (χ2n) is 4.57. The molecular formula is C14H15N3O3S. The molecule has 0 saturated heterocycles. The van der Waals surface area contributed by atoms with Gasteiger partial charge in [0, 0.05) is 24.7 Å². The van der Waals surface area contributed by atoms with Gasteiger partial charge in [-0.15, -0.1) is 0 Å². The van der Waals surface area contributed by atoms with Crippen LogP contribution >= 0.6 is 0 Å². The Hall–Kier alpha value is -2.41. The Bertz CT molecular complexity index is 755. The minimum Gasteiger partial charge on any atom is -0.399 e. The van der Waals surface area contributed by atoms with Crippen LogP contribution in [0.1, 0.15) is 16.1 Å². The molecule has 1 amide bonds. The number of anilines is 1. The van der Waals surface area contributed by atoms with Gasteiger partial charge in [-0.05, 0) is 29.8 Å². The number of carbonyl (C=O) groups excluding carboxylic acids is 1. The summed E-state index contributed by atoms with van der Waals surface area (Å²) in [7, 11) is -3.21. The van der Waals surface area contributed by atoms with Crippen molar-refractivity contribution in [1.29, 1.82) is 0 Å². The number of hydrogen-bond acceptors (Lipinski definition) is 5. The Morgan fingerprint density at radius 1 is 1.24 bits per heavy atom. The number of amides is 1. The molecule has 1 aromatic carbocycles. The lowest BCUT2D eigenvalue weighted by molar-refractivity contribution is 0.0946. The van der Waals surface area contributed by atoms with E-state index in [1.165, 1.54) is 24.4 Å². The van der Waals surface area contributed by atoms with Gasteiger partial charge in [0.05, 0.1) is 4.90 Å². The van der Waals surface area contributed by atoms with Gasteiger partial charge in [0.25, 0.3) is 5.91 Å². The lowest BCUT2D eigenvalue weighted by Crippen LogP contribution is -2.23. The second kappa shape index (κ2) is 5.92. The average molecular weight is 305 g/mol. The highest BCUT2D eigenvalue weighted by Crippen LogP contribution is 2.10. The van der Waals surface area contributed by atoms with Gasteiger partial charge in [0.1, 0.15) is 5.69 Å². The topological polar surface area (TPSA) is 102 Å². The van der Waals surface area contributed by atoms with Crippen LogP contribution in [0.4, 0.5) is 5.69 Å². The fourth-order valence-electron chi connectivity index (χ4n) is 1.70. The van der Waals surface area contributed by atoms with Crippen LogP contribution in [0.25, 0.3) is 0 Å². The highest BCUT2D eigenvalue weighted by molar-refractivity contribution is 7.90. The van der Waals surface area contributed by atoms with Crippen LogP contribution in [0.2, 0.25) is 0 Å². The third-order valence-corrected chi connectivity index (χ3v) is 3.95. The highest BCUT2D eigenvalue weighted by atomic mass is 32.2. The maximum atomic E-state index is 11.9. The van der Waals surface area contributed by atoms with Gasteiger partial charge < -0.3 is 11.1 Å². The molecule has 0 radical (unpaired) electrons. The van der Waals surface area contributed by atoms with Crippen LogP contribution in [0, 0.1) is 0 Å². The SMILES string of the molecule is CS(=O)(=O)c1ccc(CNC(=O)c2cc(N)ccn2)cc1. The van der Waals surface area contributed by atoms with Crippen molar-refractivity contribution in [2.24, 2.45) is 0 Å². The third kappa shape index (κ3) is 4.03. The molecular weight excluding hydrogens is 290 g/mol. The zero-order chi connectivity index (χ0) is 15.5. The van der Waals surface area contributed by atoms with E-state index in [9.17, 15) is 13.2 Å². The number of nitrogens with two attached hydrogens (primary N) is 1. The van der Waals surface area contributed by atoms with Crippen LogP contribution in [0.15, 0.2) is 47.5 Å². The van der Waals surface area contributed by atoms with Crippen molar-refractivity contribution in [2.45, 2.75) is 11.4 Å². The number of nitrogen functional groups attached to an aromatic ring is 1. The summed E-state index contributed by atoms with van der Waals surface area (Å²) in [4.78, 5) is 16.0. The maximum absolute atomic E-state index is 11.9. The molecule has 6 nitrogen and oxygen atoms in total. The number of pyridine rings is 1. The monoisotopic (exact) mass is 305 g/mol. The molecule has 0 unspecified atom stereocenters. The summed E-state index contributed by atoms with van der Waals surface area (Å²) in [5.41, 5.74) is 7.08. The molecule has 7 heteroatoms. The van der Waals surface area contributed by atoms with Gasteiger partial charge in [-0.25, -0.2) is 8.42 Å². The van der Waals surface area contributed by atoms with Crippen molar-refractivity contribution in [3.8, 4) is 0 Å². The van der Waals surface area contributed by atoms with Crippen molar-refractivity contribution in [3.05, 3.63) is 53.9 Å². The smallest absolute Gasteiger partial charge is 0.270 e. The third-order valence-electron chi connectivity index (χ3n) is 2.82. The molecule has 0 atom stereocenters. The average Bonchev–Trinajstić information content (AvgIpc) is 2.44. The van der Waals surface area contributed by atoms with E-state index in [-0.39, 0.29) is 23.0 Å². The molecule has 110 valence electrons. The quantitative estimate of drug-likeness (QED) is 0.877. The fourth-order valence-corrected chi connectivity index (χ4v) is 2.33. The molecule has 2 aromatic rings. The standard InChI is InChI=1S/C14H15N3O3S/c1-21(19,20)12-4-2-10(3-5-12)9-17-14(18)13-8-11(15)6-7-16-13/h2-8H,9H2,1H3,(H2,15,16)(H,17,18). The molecule has 21 heavy (non-hydrogen) atoms. The Kier molecular flexibility index (Phi) is 4.23. The van der Waals surface area contributed by atoms with E-state index in [4.69, 9.17) is 5.73 Å². The van der Waals surface area contributed by atoms with E-state index in [0.29, 0.717) is 5.69 Å². The number of nitrogens with zero attached hydrogens (tertiary/aromatic N) is 1. The normalized spacial score (nSPS) is 11.1. The summed E-state index contributed by atoms with van der Waals surface area (Å²) in [6.45, 7) is 0.277. The molecule has 1 aromatic heterocycles. The first-order chi connectivity index (χ1) is 9.86. The maximum Gasteiger partial charge on any atom is 0.270 e. The highest BCUT2D eigenvalue weighted by Gasteiger charge is 2.08. The number of benzene rings is 1. The number of hydrogen-bond donors (Lipinski definition) is 2. The minimum absolute atomic E-state index is 0.239. The number of carbonyl (C=O) groups is 1. The van der Waals surface area contributed by atoms with Crippen molar-refractivity contribution < 1.29 is 13.2 Å². The van der Waals surface area contributed by atoms with Crippen LogP contribution in [0.3, 0.4) is 0 Å². The van der Waals surface area contributed by atoms with Crippen molar-refractivity contribution in [2.75, 3.05) is 12.0 Å². The molecule has 0 bridgehead atoms. The largest absolute Gasteiger partial charge is 0.399 e. The minimum atomic E-state index is -3.21. The molecule has 0 aliphatic carbocycles. The fraction of sp³-hybridized carbons (Fsp3) is 0.143. The molecule has 1 heterocycles. The van der Waals surface area contributed by atoms with Crippen molar-refractivity contribution in [3.63, 3.8) is 0 Å². The molecule has 2 rings (SSSR count). The second-order valence-corrected chi connectivity index (χ2v) is 6.59. The number of rotatable bonds is 4. The lowest BCUT2D eigenvalue weighted by Gasteiger charge is -2.06. The molecule has 3 N–H and O–H groups in total. The molecule has 0 fully saturated rings. The van der Waals surface area contributed by atoms with E-state index in [2.05, 4.69) is 10.3 Å². The zero-order valence-electron chi connectivity index (χ0n) is 11.4. The first kappa shape index (κ1) is 15.0. The Morgan fingerprint density at radius 2 is 1.90 bits per heavy atom. The van der Waals surface area contributed by atoms with Crippen LogP contribution < -0.4 is 11.1 Å². The van der Waals surface area contributed by atoms with Crippen molar-refractivity contribution >= 4 is 21.4 Å². The van der Waals surface area contributed by atoms with Gasteiger partial charge in [-0.3, -0.25) is 9.78 Å². The summed E-state index contributed by atoms with van der Waals surface area (Å²) in [6, 6.07) is 9.42. The van der Waals surface area contributed by atoms with E-state index in [0.717, 1.165) is 11.8 Å². The zero-order valence-corrected chi connectivity index (χ0v) is 12.2. The van der Waals surface area contributed by atoms with Gasteiger partial charge in [-0.2, -0.15) is 0 Å². The van der Waals surface area contributed by atoms with Crippen LogP contribution in [0.5, 0.6) is 0 Å². The summed E-state index contributed by atoms with van der Waals surface area (Å²) in [5.74, 6) is -0.338. The van der Waals surface area contributed by atoms with Crippen LogP contribution in [-0.2, 0) is 16.4 Å². The Morgan fingerprint density at radius 3 is 2.48 bits per heavy atom. The van der Waals surface area contributed by atoms with E-state index >= 15 is 0 Å². The summed E-state index contributed by atoms with van der Waals surface area (Å²) >= 11 is 0. The lowest BCUT2D eigenvalue weighted by atomic mass is 10.2. The summed E-state index contributed by atoms with van der Waals surface area (Å²) in [5, 5.41) is 2.69. The van der Waals surface area contributed by atoms with Gasteiger partial charge >= 0.3 is 0 Å². The summed E-state index contributed by atoms with van der Waals surface area (Å²) in [6.07, 6.45) is 2.61.